The van der Waals surface area contributed by atoms with E-state index >= 15 is 0 Å². The SMILES string of the molecule is C[C@@H](O)[C@H](N)C(=O)[O-].[K+]. The molecule has 0 radical (unpaired) electrons. The van der Waals surface area contributed by atoms with Gasteiger partial charge in [0.05, 0.1) is 18.1 Å². The summed E-state index contributed by atoms with van der Waals surface area (Å²) in [7, 11) is 0. The van der Waals surface area contributed by atoms with Gasteiger partial charge in [0.25, 0.3) is 0 Å². The van der Waals surface area contributed by atoms with Gasteiger partial charge in [-0.25, -0.2) is 0 Å². The molecule has 0 rings (SSSR count). The Morgan fingerprint density at radius 1 is 1.78 bits per heavy atom. The van der Waals surface area contributed by atoms with Crippen molar-refractivity contribution in [3.05, 3.63) is 0 Å². The molecule has 9 heavy (non-hydrogen) atoms. The van der Waals surface area contributed by atoms with E-state index in [0.717, 1.165) is 0 Å². The number of aliphatic hydroxyl groups is 1. The van der Waals surface area contributed by atoms with E-state index < -0.39 is 18.1 Å². The van der Waals surface area contributed by atoms with Gasteiger partial charge in [-0.1, -0.05) is 0 Å². The second kappa shape index (κ2) is 5.78. The van der Waals surface area contributed by atoms with E-state index in [2.05, 4.69) is 0 Å². The molecule has 0 aliphatic carbocycles. The minimum absolute atomic E-state index is 0. The third kappa shape index (κ3) is 5.47. The Kier molecular flexibility index (Phi) is 8.15. The first-order valence-corrected chi connectivity index (χ1v) is 2.20. The van der Waals surface area contributed by atoms with Crippen molar-refractivity contribution < 1.29 is 66.4 Å². The molecular weight excluding hydrogens is 149 g/mol. The first-order valence-electron chi connectivity index (χ1n) is 2.20. The Bertz CT molecular complexity index is 95.8. The van der Waals surface area contributed by atoms with E-state index in [1.165, 1.54) is 6.92 Å². The van der Waals surface area contributed by atoms with E-state index in [4.69, 9.17) is 10.8 Å². The standard InChI is InChI=1S/C4H9NO3.K/c1-2(6)3(5)4(7)8;/h2-3,6H,5H2,1H3,(H,7,8);/q;+1/p-1/t2-,3+;/m1./s1. The summed E-state index contributed by atoms with van der Waals surface area (Å²) in [4.78, 5) is 9.74. The first-order chi connectivity index (χ1) is 3.55. The largest absolute Gasteiger partial charge is 1.00 e. The molecule has 5 heteroatoms. The van der Waals surface area contributed by atoms with Crippen LogP contribution < -0.4 is 62.2 Å². The quantitative estimate of drug-likeness (QED) is 0.391. The maximum Gasteiger partial charge on any atom is 1.00 e. The van der Waals surface area contributed by atoms with Gasteiger partial charge in [-0.05, 0) is 6.92 Å². The van der Waals surface area contributed by atoms with Crippen LogP contribution in [0.2, 0.25) is 0 Å². The number of nitrogens with two attached hydrogens (primary N) is 1. The topological polar surface area (TPSA) is 86.4 Å². The molecule has 0 aliphatic rings. The van der Waals surface area contributed by atoms with Gasteiger partial charge in [-0.3, -0.25) is 0 Å². The molecule has 4 nitrogen and oxygen atoms in total. The van der Waals surface area contributed by atoms with Gasteiger partial charge < -0.3 is 20.7 Å². The molecule has 48 valence electrons. The maximum atomic E-state index is 9.74. The maximum absolute atomic E-state index is 9.74. The van der Waals surface area contributed by atoms with Gasteiger partial charge in [0, 0.05) is 0 Å². The molecule has 0 aromatic carbocycles. The molecule has 3 N–H and O–H groups in total. The zero-order chi connectivity index (χ0) is 6.73. The molecule has 0 saturated heterocycles. The normalized spacial score (nSPS) is 15.4. The Morgan fingerprint density at radius 2 is 2.11 bits per heavy atom. The van der Waals surface area contributed by atoms with E-state index in [0.29, 0.717) is 0 Å². The molecule has 0 aromatic heterocycles. The minimum atomic E-state index is -1.43. The first kappa shape index (κ1) is 12.7. The molecule has 0 amide bonds. The molecule has 0 fully saturated rings. The second-order valence-electron chi connectivity index (χ2n) is 1.59. The van der Waals surface area contributed by atoms with Gasteiger partial charge in [0.2, 0.25) is 0 Å². The summed E-state index contributed by atoms with van der Waals surface area (Å²) in [6.45, 7) is 1.29. The third-order valence-corrected chi connectivity index (χ3v) is 0.792. The fourth-order valence-corrected chi connectivity index (χ4v) is 0.197. The number of aliphatic carboxylic acids is 1. The number of carboxylic acids is 1. The van der Waals surface area contributed by atoms with Gasteiger partial charge in [-0.2, -0.15) is 0 Å². The molecule has 0 unspecified atom stereocenters. The Hall–Kier alpha value is 1.03. The fourth-order valence-electron chi connectivity index (χ4n) is 0.197. The molecule has 0 bridgehead atoms. The van der Waals surface area contributed by atoms with E-state index in [1.54, 1.807) is 0 Å². The summed E-state index contributed by atoms with van der Waals surface area (Å²) in [5.74, 6) is -1.43. The fraction of sp³-hybridized carbons (Fsp3) is 0.750. The summed E-state index contributed by atoms with van der Waals surface area (Å²) < 4.78 is 0. The van der Waals surface area contributed by atoms with Gasteiger partial charge in [-0.15, -0.1) is 0 Å². The van der Waals surface area contributed by atoms with E-state index in [9.17, 15) is 9.90 Å². The number of carbonyl (C=O) groups is 1. The Balaban J connectivity index is 0. The molecule has 0 heterocycles. The number of aliphatic hydroxyl groups excluding tert-OH is 1. The van der Waals surface area contributed by atoms with Crippen molar-refractivity contribution in [2.24, 2.45) is 5.73 Å². The van der Waals surface area contributed by atoms with Crippen LogP contribution in [0.3, 0.4) is 0 Å². The van der Waals surface area contributed by atoms with Crippen LogP contribution in [0.1, 0.15) is 6.92 Å². The van der Waals surface area contributed by atoms with Crippen molar-refractivity contribution in [3.8, 4) is 0 Å². The van der Waals surface area contributed by atoms with Gasteiger partial charge >= 0.3 is 51.4 Å². The second-order valence-corrected chi connectivity index (χ2v) is 1.59. The number of hydrogen-bond donors (Lipinski definition) is 2. The van der Waals surface area contributed by atoms with Crippen molar-refractivity contribution in [1.29, 1.82) is 0 Å². The summed E-state index contributed by atoms with van der Waals surface area (Å²) in [5, 5.41) is 18.2. The summed E-state index contributed by atoms with van der Waals surface area (Å²) in [6, 6.07) is -1.27. The van der Waals surface area contributed by atoms with Crippen molar-refractivity contribution in [3.63, 3.8) is 0 Å². The molecular formula is C4H8KNO3. The molecule has 0 saturated carbocycles. The minimum Gasteiger partial charge on any atom is -0.548 e. The predicted octanol–water partition coefficient (Wildman–Crippen LogP) is -5.55. The van der Waals surface area contributed by atoms with Crippen molar-refractivity contribution in [2.75, 3.05) is 0 Å². The zero-order valence-electron chi connectivity index (χ0n) is 5.50. The zero-order valence-corrected chi connectivity index (χ0v) is 8.62. The number of hydrogen-bond acceptors (Lipinski definition) is 4. The van der Waals surface area contributed by atoms with E-state index in [1.807, 2.05) is 0 Å². The predicted molar refractivity (Wildman–Crippen MR) is 24.7 cm³/mol. The monoisotopic (exact) mass is 157 g/mol. The van der Waals surface area contributed by atoms with Crippen LogP contribution in [-0.4, -0.2) is 23.2 Å². The number of carboxylic acid groups (broad SMARTS) is 1. The van der Waals surface area contributed by atoms with Gasteiger partial charge in [0.1, 0.15) is 0 Å². The van der Waals surface area contributed by atoms with Crippen LogP contribution in [0.15, 0.2) is 0 Å². The smallest absolute Gasteiger partial charge is 0.548 e. The van der Waals surface area contributed by atoms with Crippen molar-refractivity contribution in [1.82, 2.24) is 0 Å². The number of rotatable bonds is 2. The van der Waals surface area contributed by atoms with Crippen LogP contribution >= 0.6 is 0 Å². The molecule has 2 atom stereocenters. The Labute approximate surface area is 95.8 Å². The molecule has 0 spiro atoms. The van der Waals surface area contributed by atoms with Crippen LogP contribution in [0.5, 0.6) is 0 Å². The van der Waals surface area contributed by atoms with Crippen molar-refractivity contribution in [2.45, 2.75) is 19.1 Å². The third-order valence-electron chi connectivity index (χ3n) is 0.792. The average molecular weight is 157 g/mol. The van der Waals surface area contributed by atoms with Gasteiger partial charge in [0.15, 0.2) is 0 Å². The summed E-state index contributed by atoms with van der Waals surface area (Å²) >= 11 is 0. The molecule has 0 aliphatic heterocycles. The average Bonchev–Trinajstić information content (AvgIpc) is 1.64. The van der Waals surface area contributed by atoms with Crippen LogP contribution in [-0.2, 0) is 4.79 Å². The van der Waals surface area contributed by atoms with Crippen LogP contribution in [0, 0.1) is 0 Å². The van der Waals surface area contributed by atoms with Crippen molar-refractivity contribution >= 4 is 5.97 Å². The molecule has 0 aromatic rings. The Morgan fingerprint density at radius 3 is 2.11 bits per heavy atom. The number of carbonyl (C=O) groups excluding carboxylic acids is 1. The van der Waals surface area contributed by atoms with E-state index in [-0.39, 0.29) is 51.4 Å². The summed E-state index contributed by atoms with van der Waals surface area (Å²) in [6.07, 6.45) is -1.04. The van der Waals surface area contributed by atoms with Crippen LogP contribution in [0.4, 0.5) is 0 Å². The van der Waals surface area contributed by atoms with Crippen LogP contribution in [0.25, 0.3) is 0 Å². The summed E-state index contributed by atoms with van der Waals surface area (Å²) in [5.41, 5.74) is 4.85.